The lowest BCUT2D eigenvalue weighted by Crippen LogP contribution is -2.34. The Morgan fingerprint density at radius 1 is 1.24 bits per heavy atom. The number of methoxy groups -OCH3 is 1. The summed E-state index contributed by atoms with van der Waals surface area (Å²) in [5.74, 6) is 0.705. The van der Waals surface area contributed by atoms with Crippen molar-refractivity contribution in [3.8, 4) is 5.75 Å². The number of rotatable bonds is 3. The maximum absolute atomic E-state index is 10.9. The number of benzene rings is 1. The molecule has 0 aromatic heterocycles. The first-order valence-electron chi connectivity index (χ1n) is 7.69. The molecule has 1 aromatic rings. The molecule has 4 heteroatoms. The van der Waals surface area contributed by atoms with Crippen LogP contribution in [0, 0.1) is 0 Å². The maximum Gasteiger partial charge on any atom is 0.235 e. The average molecular weight is 306 g/mol. The highest BCUT2D eigenvalue weighted by Crippen LogP contribution is 2.52. The van der Waals surface area contributed by atoms with Crippen LogP contribution in [0.4, 0.5) is 0 Å². The zero-order chi connectivity index (χ0) is 14.9. The number of fused-ring (bicyclic) bond motifs is 1. The third kappa shape index (κ3) is 2.39. The summed E-state index contributed by atoms with van der Waals surface area (Å²) < 4.78 is 5.59. The van der Waals surface area contributed by atoms with Gasteiger partial charge in [-0.05, 0) is 62.1 Å². The molecule has 0 aliphatic heterocycles. The molecular weight excluding hydrogens is 286 g/mol. The minimum atomic E-state index is -0.452. The normalized spacial score (nSPS) is 19.7. The van der Waals surface area contributed by atoms with Gasteiger partial charge in [-0.15, -0.1) is 0 Å². The second kappa shape index (κ2) is 5.82. The highest BCUT2D eigenvalue weighted by Gasteiger charge is 2.44. The van der Waals surface area contributed by atoms with E-state index < -0.39 is 5.54 Å². The summed E-state index contributed by atoms with van der Waals surface area (Å²) in [6.07, 6.45) is 10.3. The number of hydrogen-bond donors (Lipinski definition) is 0. The fourth-order valence-corrected chi connectivity index (χ4v) is 4.04. The SMILES string of the molecule is COc1c(Cl)cc2c(c1C1(N=C=O)CCC1)CCCCC2. The van der Waals surface area contributed by atoms with Crippen LogP contribution in [0.25, 0.3) is 0 Å². The molecule has 1 fully saturated rings. The van der Waals surface area contributed by atoms with Gasteiger partial charge in [0.25, 0.3) is 0 Å². The van der Waals surface area contributed by atoms with E-state index in [1.165, 1.54) is 30.4 Å². The van der Waals surface area contributed by atoms with Crippen LogP contribution < -0.4 is 4.74 Å². The molecule has 0 unspecified atom stereocenters. The maximum atomic E-state index is 10.9. The third-order valence-electron chi connectivity index (χ3n) is 4.92. The number of aryl methyl sites for hydroxylation is 1. The summed E-state index contributed by atoms with van der Waals surface area (Å²) in [4.78, 5) is 15.1. The summed E-state index contributed by atoms with van der Waals surface area (Å²) in [5, 5.41) is 0.639. The Morgan fingerprint density at radius 2 is 2.00 bits per heavy atom. The van der Waals surface area contributed by atoms with Gasteiger partial charge in [0.15, 0.2) is 0 Å². The third-order valence-corrected chi connectivity index (χ3v) is 5.20. The van der Waals surface area contributed by atoms with Gasteiger partial charge in [-0.1, -0.05) is 18.0 Å². The zero-order valence-corrected chi connectivity index (χ0v) is 13.1. The predicted molar refractivity (Wildman–Crippen MR) is 82.9 cm³/mol. The van der Waals surface area contributed by atoms with Crippen LogP contribution in [-0.4, -0.2) is 13.2 Å². The monoisotopic (exact) mass is 305 g/mol. The number of hydrogen-bond acceptors (Lipinski definition) is 3. The highest BCUT2D eigenvalue weighted by atomic mass is 35.5. The lowest BCUT2D eigenvalue weighted by molar-refractivity contribution is 0.244. The molecule has 0 heterocycles. The van der Waals surface area contributed by atoms with Gasteiger partial charge in [-0.3, -0.25) is 0 Å². The Hall–Kier alpha value is -1.31. The molecule has 0 saturated heterocycles. The molecule has 3 nitrogen and oxygen atoms in total. The molecule has 0 radical (unpaired) electrons. The molecule has 0 amide bonds. The first-order chi connectivity index (χ1) is 10.2. The Labute approximate surface area is 130 Å². The Kier molecular flexibility index (Phi) is 4.05. The first kappa shape index (κ1) is 14.6. The minimum Gasteiger partial charge on any atom is -0.495 e. The largest absolute Gasteiger partial charge is 0.495 e. The molecule has 0 N–H and O–H groups in total. The van der Waals surface area contributed by atoms with Crippen LogP contribution in [0.5, 0.6) is 5.75 Å². The van der Waals surface area contributed by atoms with E-state index in [9.17, 15) is 4.79 Å². The van der Waals surface area contributed by atoms with Gasteiger partial charge in [0.1, 0.15) is 11.3 Å². The number of aliphatic imine (C=N–C) groups is 1. The second-order valence-corrected chi connectivity index (χ2v) is 6.46. The van der Waals surface area contributed by atoms with Crippen LogP contribution in [0.3, 0.4) is 0 Å². The average Bonchev–Trinajstić information content (AvgIpc) is 2.66. The quantitative estimate of drug-likeness (QED) is 0.473. The van der Waals surface area contributed by atoms with Crippen molar-refractivity contribution in [2.75, 3.05) is 7.11 Å². The number of carbonyl (C=O) groups excluding carboxylic acids is 1. The Morgan fingerprint density at radius 3 is 2.62 bits per heavy atom. The van der Waals surface area contributed by atoms with Crippen molar-refractivity contribution in [1.29, 1.82) is 0 Å². The van der Waals surface area contributed by atoms with Crippen molar-refractivity contribution < 1.29 is 9.53 Å². The summed E-state index contributed by atoms with van der Waals surface area (Å²) in [6, 6.07) is 2.04. The number of halogens is 1. The van der Waals surface area contributed by atoms with E-state index in [1.54, 1.807) is 13.2 Å². The fourth-order valence-electron chi connectivity index (χ4n) is 3.73. The Bertz CT molecular complexity index is 601. The van der Waals surface area contributed by atoms with Crippen LogP contribution >= 0.6 is 11.6 Å². The van der Waals surface area contributed by atoms with E-state index in [4.69, 9.17) is 16.3 Å². The van der Waals surface area contributed by atoms with Gasteiger partial charge in [0.05, 0.1) is 12.1 Å². The summed E-state index contributed by atoms with van der Waals surface area (Å²) in [5.41, 5.74) is 3.23. The van der Waals surface area contributed by atoms with Crippen LogP contribution in [-0.2, 0) is 23.2 Å². The van der Waals surface area contributed by atoms with Crippen molar-refractivity contribution in [3.63, 3.8) is 0 Å². The van der Waals surface area contributed by atoms with Gasteiger partial charge < -0.3 is 4.74 Å². The fraction of sp³-hybridized carbons (Fsp3) is 0.588. The minimum absolute atomic E-state index is 0.452. The molecular formula is C17H20ClNO2. The molecule has 1 aromatic carbocycles. The number of isocyanates is 1. The summed E-state index contributed by atoms with van der Waals surface area (Å²) in [6.45, 7) is 0. The van der Waals surface area contributed by atoms with Crippen LogP contribution in [0.1, 0.15) is 55.2 Å². The van der Waals surface area contributed by atoms with Gasteiger partial charge in [-0.2, -0.15) is 4.99 Å². The van der Waals surface area contributed by atoms with E-state index in [1.807, 2.05) is 6.07 Å². The number of ether oxygens (including phenoxy) is 1. The summed E-state index contributed by atoms with van der Waals surface area (Å²) in [7, 11) is 1.64. The first-order valence-corrected chi connectivity index (χ1v) is 8.07. The molecule has 3 rings (SSSR count). The zero-order valence-electron chi connectivity index (χ0n) is 12.4. The van der Waals surface area contributed by atoms with Crippen LogP contribution in [0.2, 0.25) is 5.02 Å². The molecule has 2 aliphatic rings. The van der Waals surface area contributed by atoms with E-state index in [2.05, 4.69) is 4.99 Å². The topological polar surface area (TPSA) is 38.7 Å². The molecule has 0 atom stereocenters. The standard InChI is InChI=1S/C17H20ClNO2/c1-21-16-14(18)10-12-6-3-2-4-7-13(12)15(16)17(19-11-20)8-5-9-17/h10H,2-9H2,1H3. The van der Waals surface area contributed by atoms with Crippen molar-refractivity contribution >= 4 is 17.7 Å². The van der Waals surface area contributed by atoms with Gasteiger partial charge in [-0.25, -0.2) is 4.79 Å². The molecule has 0 bridgehead atoms. The summed E-state index contributed by atoms with van der Waals surface area (Å²) >= 11 is 6.44. The predicted octanol–water partition coefficient (Wildman–Crippen LogP) is 4.33. The molecule has 1 saturated carbocycles. The van der Waals surface area contributed by atoms with Crippen LogP contribution in [0.15, 0.2) is 11.1 Å². The molecule has 112 valence electrons. The lowest BCUT2D eigenvalue weighted by atomic mass is 9.69. The van der Waals surface area contributed by atoms with Gasteiger partial charge in [0, 0.05) is 5.56 Å². The van der Waals surface area contributed by atoms with E-state index in [-0.39, 0.29) is 0 Å². The van der Waals surface area contributed by atoms with Gasteiger partial charge >= 0.3 is 0 Å². The van der Waals surface area contributed by atoms with Crippen molar-refractivity contribution in [3.05, 3.63) is 27.8 Å². The number of nitrogens with zero attached hydrogens (tertiary/aromatic N) is 1. The second-order valence-electron chi connectivity index (χ2n) is 6.05. The van der Waals surface area contributed by atoms with Crippen molar-refractivity contribution in [2.45, 2.75) is 56.9 Å². The van der Waals surface area contributed by atoms with Crippen molar-refractivity contribution in [1.82, 2.24) is 0 Å². The van der Waals surface area contributed by atoms with E-state index in [0.29, 0.717) is 10.8 Å². The molecule has 21 heavy (non-hydrogen) atoms. The Balaban J connectivity index is 2.25. The molecule has 0 spiro atoms. The lowest BCUT2D eigenvalue weighted by Gasteiger charge is -2.40. The van der Waals surface area contributed by atoms with Crippen molar-refractivity contribution in [2.24, 2.45) is 4.99 Å². The van der Waals surface area contributed by atoms with E-state index >= 15 is 0 Å². The van der Waals surface area contributed by atoms with E-state index in [0.717, 1.165) is 37.7 Å². The highest BCUT2D eigenvalue weighted by molar-refractivity contribution is 6.32. The smallest absolute Gasteiger partial charge is 0.235 e. The van der Waals surface area contributed by atoms with Gasteiger partial charge in [0.2, 0.25) is 6.08 Å². The molecule has 2 aliphatic carbocycles.